The highest BCUT2D eigenvalue weighted by Crippen LogP contribution is 2.56. The molecule has 1 heterocycles. The maximum absolute atomic E-state index is 14.3. The van der Waals surface area contributed by atoms with E-state index in [0.29, 0.717) is 37.5 Å². The van der Waals surface area contributed by atoms with Crippen LogP contribution < -0.4 is 9.47 Å². The van der Waals surface area contributed by atoms with Gasteiger partial charge in [-0.25, -0.2) is 0 Å². The molecule has 4 aromatic rings. The van der Waals surface area contributed by atoms with Gasteiger partial charge in [0, 0.05) is 47.8 Å². The number of Topliss-reactive ketones (excluding diaryl/α,β-unsaturated/α-hetero) is 2. The Balaban J connectivity index is 1.35. The lowest BCUT2D eigenvalue weighted by atomic mass is 9.63. The van der Waals surface area contributed by atoms with Crippen LogP contribution in [-0.4, -0.2) is 23.6 Å². The molecule has 0 spiro atoms. The SMILES string of the molecule is COc1cc(C2C3=C(CC(C)(C)CC3=O)N(Cc3ccccc3)C3=C2C(=O)CC(C)(C)C3)cc(Br)c1OCc1cccc2ccccc12. The van der Waals surface area contributed by atoms with Crippen molar-refractivity contribution in [3.63, 3.8) is 0 Å². The van der Waals surface area contributed by atoms with Crippen LogP contribution in [0.5, 0.6) is 11.5 Å². The number of carbonyl (C=O) groups excluding carboxylic acids is 2. The molecular formula is C42H42BrNO4. The molecular weight excluding hydrogens is 662 g/mol. The quantitative estimate of drug-likeness (QED) is 0.192. The zero-order valence-electron chi connectivity index (χ0n) is 28.4. The third-order valence-corrected chi connectivity index (χ3v) is 10.6. The lowest BCUT2D eigenvalue weighted by molar-refractivity contribution is -0.119. The van der Waals surface area contributed by atoms with E-state index in [1.807, 2.05) is 48.5 Å². The van der Waals surface area contributed by atoms with E-state index >= 15 is 0 Å². The van der Waals surface area contributed by atoms with E-state index in [1.165, 1.54) is 0 Å². The Kier molecular flexibility index (Phi) is 8.35. The number of nitrogens with zero attached hydrogens (tertiary/aromatic N) is 1. The predicted octanol–water partition coefficient (Wildman–Crippen LogP) is 10.1. The summed E-state index contributed by atoms with van der Waals surface area (Å²) in [4.78, 5) is 31.0. The van der Waals surface area contributed by atoms with Crippen molar-refractivity contribution in [3.8, 4) is 11.5 Å². The Morgan fingerprint density at radius 2 is 1.38 bits per heavy atom. The highest BCUT2D eigenvalue weighted by Gasteiger charge is 2.49. The molecule has 5 nitrogen and oxygen atoms in total. The smallest absolute Gasteiger partial charge is 0.175 e. The van der Waals surface area contributed by atoms with Crippen molar-refractivity contribution in [2.75, 3.05) is 7.11 Å². The molecule has 4 aromatic carbocycles. The van der Waals surface area contributed by atoms with Gasteiger partial charge < -0.3 is 14.4 Å². The fourth-order valence-corrected chi connectivity index (χ4v) is 8.53. The zero-order valence-corrected chi connectivity index (χ0v) is 29.9. The van der Waals surface area contributed by atoms with Gasteiger partial charge in [-0.3, -0.25) is 9.59 Å². The number of hydrogen-bond acceptors (Lipinski definition) is 5. The Hall–Kier alpha value is -4.16. The van der Waals surface area contributed by atoms with E-state index in [0.717, 1.165) is 67.3 Å². The molecule has 6 heteroatoms. The Bertz CT molecular complexity index is 1950. The molecule has 48 heavy (non-hydrogen) atoms. The number of benzene rings is 4. The number of fused-ring (bicyclic) bond motifs is 1. The molecule has 0 atom stereocenters. The molecule has 0 radical (unpaired) electrons. The van der Waals surface area contributed by atoms with Gasteiger partial charge in [0.1, 0.15) is 6.61 Å². The summed E-state index contributed by atoms with van der Waals surface area (Å²) in [7, 11) is 1.64. The van der Waals surface area contributed by atoms with Crippen LogP contribution in [0, 0.1) is 10.8 Å². The fraction of sp³-hybridized carbons (Fsp3) is 0.333. The third-order valence-electron chi connectivity index (χ3n) is 10.0. The highest BCUT2D eigenvalue weighted by molar-refractivity contribution is 9.10. The van der Waals surface area contributed by atoms with Gasteiger partial charge in [0.05, 0.1) is 11.6 Å². The second kappa shape index (κ2) is 12.4. The number of rotatable bonds is 7. The van der Waals surface area contributed by atoms with Gasteiger partial charge in [-0.05, 0) is 79.2 Å². The maximum atomic E-state index is 14.3. The normalized spacial score (nSPS) is 19.0. The van der Waals surface area contributed by atoms with Gasteiger partial charge in [-0.1, -0.05) is 100 Å². The number of ketones is 2. The topological polar surface area (TPSA) is 55.8 Å². The van der Waals surface area contributed by atoms with E-state index in [1.54, 1.807) is 7.11 Å². The summed E-state index contributed by atoms with van der Waals surface area (Å²) in [6, 6.07) is 28.9. The molecule has 246 valence electrons. The van der Waals surface area contributed by atoms with E-state index < -0.39 is 5.92 Å². The molecule has 0 saturated carbocycles. The van der Waals surface area contributed by atoms with Gasteiger partial charge >= 0.3 is 0 Å². The number of carbonyl (C=O) groups is 2. The van der Waals surface area contributed by atoms with Crippen molar-refractivity contribution in [1.29, 1.82) is 0 Å². The molecule has 7 rings (SSSR count). The molecule has 3 aliphatic rings. The first-order valence-electron chi connectivity index (χ1n) is 16.8. The predicted molar refractivity (Wildman–Crippen MR) is 194 cm³/mol. The molecule has 0 saturated heterocycles. The minimum atomic E-state index is -0.480. The average molecular weight is 705 g/mol. The second-order valence-corrected chi connectivity index (χ2v) is 15.9. The van der Waals surface area contributed by atoms with Crippen molar-refractivity contribution in [2.24, 2.45) is 10.8 Å². The number of ether oxygens (including phenoxy) is 2. The summed E-state index contributed by atoms with van der Waals surface area (Å²) in [6.07, 6.45) is 2.39. The first kappa shape index (κ1) is 32.4. The summed E-state index contributed by atoms with van der Waals surface area (Å²) in [5, 5.41) is 2.30. The number of methoxy groups -OCH3 is 1. The van der Waals surface area contributed by atoms with Gasteiger partial charge in [-0.2, -0.15) is 0 Å². The molecule has 0 aromatic heterocycles. The molecule has 0 amide bonds. The average Bonchev–Trinajstić information content (AvgIpc) is 3.04. The molecule has 0 fully saturated rings. The molecule has 1 aliphatic heterocycles. The van der Waals surface area contributed by atoms with Crippen LogP contribution in [0.2, 0.25) is 0 Å². The monoisotopic (exact) mass is 703 g/mol. The van der Waals surface area contributed by atoms with Crippen molar-refractivity contribution in [1.82, 2.24) is 4.90 Å². The number of halogens is 1. The third kappa shape index (κ3) is 6.00. The Morgan fingerprint density at radius 3 is 2.02 bits per heavy atom. The molecule has 0 unspecified atom stereocenters. The molecule has 0 N–H and O–H groups in total. The second-order valence-electron chi connectivity index (χ2n) is 15.1. The summed E-state index contributed by atoms with van der Waals surface area (Å²) < 4.78 is 13.1. The van der Waals surface area contributed by atoms with Gasteiger partial charge in [-0.15, -0.1) is 0 Å². The van der Waals surface area contributed by atoms with E-state index in [2.05, 4.69) is 84.9 Å². The van der Waals surface area contributed by atoms with E-state index in [9.17, 15) is 9.59 Å². The van der Waals surface area contributed by atoms with Crippen LogP contribution in [0.1, 0.15) is 76.0 Å². The van der Waals surface area contributed by atoms with Crippen LogP contribution in [-0.2, 0) is 22.7 Å². The van der Waals surface area contributed by atoms with Crippen LogP contribution in [0.3, 0.4) is 0 Å². The van der Waals surface area contributed by atoms with Crippen LogP contribution in [0.25, 0.3) is 10.8 Å². The lowest BCUT2D eigenvalue weighted by Gasteiger charge is -2.49. The van der Waals surface area contributed by atoms with Gasteiger partial charge in [0.15, 0.2) is 23.1 Å². The van der Waals surface area contributed by atoms with Crippen molar-refractivity contribution >= 4 is 38.3 Å². The van der Waals surface area contributed by atoms with Crippen molar-refractivity contribution in [2.45, 2.75) is 72.4 Å². The Labute approximate surface area is 291 Å². The number of allylic oxidation sites excluding steroid dienone is 4. The van der Waals surface area contributed by atoms with E-state index in [4.69, 9.17) is 9.47 Å². The minimum Gasteiger partial charge on any atom is -0.493 e. The van der Waals surface area contributed by atoms with Crippen molar-refractivity contribution in [3.05, 3.63) is 129 Å². The molecule has 2 aliphatic carbocycles. The van der Waals surface area contributed by atoms with Gasteiger partial charge in [0.25, 0.3) is 0 Å². The molecule has 0 bridgehead atoms. The van der Waals surface area contributed by atoms with Crippen LogP contribution in [0.15, 0.2) is 112 Å². The van der Waals surface area contributed by atoms with Gasteiger partial charge in [0.2, 0.25) is 0 Å². The van der Waals surface area contributed by atoms with Crippen molar-refractivity contribution < 1.29 is 19.1 Å². The highest BCUT2D eigenvalue weighted by atomic mass is 79.9. The summed E-state index contributed by atoms with van der Waals surface area (Å²) in [5.41, 5.74) is 6.27. The fourth-order valence-electron chi connectivity index (χ4n) is 7.95. The lowest BCUT2D eigenvalue weighted by Crippen LogP contribution is -2.44. The minimum absolute atomic E-state index is 0.111. The largest absolute Gasteiger partial charge is 0.493 e. The summed E-state index contributed by atoms with van der Waals surface area (Å²) in [6.45, 7) is 9.67. The first-order valence-corrected chi connectivity index (χ1v) is 17.5. The zero-order chi connectivity index (χ0) is 33.8. The van der Waals surface area contributed by atoms with Crippen LogP contribution in [0.4, 0.5) is 0 Å². The van der Waals surface area contributed by atoms with E-state index in [-0.39, 0.29) is 22.4 Å². The van der Waals surface area contributed by atoms with Crippen LogP contribution >= 0.6 is 15.9 Å². The number of hydrogen-bond donors (Lipinski definition) is 0. The first-order chi connectivity index (χ1) is 22.9. The summed E-state index contributed by atoms with van der Waals surface area (Å²) >= 11 is 3.81. The maximum Gasteiger partial charge on any atom is 0.175 e. The summed E-state index contributed by atoms with van der Waals surface area (Å²) in [5.74, 6) is 0.889. The Morgan fingerprint density at radius 1 is 0.771 bits per heavy atom. The standard InChI is InChI=1S/C42H42BrNO4/c1-41(2)20-32-38(34(45)22-41)37(39-33(21-42(3,4)23-35(39)46)44(32)24-26-12-7-6-8-13-26)29-18-31(43)40(36(19-29)47-5)48-25-28-16-11-15-27-14-9-10-17-30(27)28/h6-19,37H,20-25H2,1-5H3.